The van der Waals surface area contributed by atoms with Crippen LogP contribution in [0.25, 0.3) is 0 Å². The minimum Gasteiger partial charge on any atom is -0.353 e. The van der Waals surface area contributed by atoms with E-state index in [-0.39, 0.29) is 35.1 Å². The molecule has 1 unspecified atom stereocenters. The summed E-state index contributed by atoms with van der Waals surface area (Å²) in [5.41, 5.74) is -0.359. The summed E-state index contributed by atoms with van der Waals surface area (Å²) in [6.45, 7) is -0.0354. The quantitative estimate of drug-likeness (QED) is 0.305. The number of nitrogens with one attached hydrogen (secondary N) is 2. The molecule has 2 aromatic rings. The summed E-state index contributed by atoms with van der Waals surface area (Å²) in [5.74, 6) is -0.517. The molecule has 1 aliphatic heterocycles. The molecule has 3 rings (SSSR count). The van der Waals surface area contributed by atoms with Crippen LogP contribution in [-0.4, -0.2) is 57.6 Å². The van der Waals surface area contributed by atoms with Crippen LogP contribution in [-0.2, 0) is 24.8 Å². The number of nitrogens with zero attached hydrogens (tertiary/aromatic N) is 2. The van der Waals surface area contributed by atoms with Crippen molar-refractivity contribution in [1.29, 1.82) is 0 Å². The van der Waals surface area contributed by atoms with E-state index >= 15 is 0 Å². The molecule has 2 N–H and O–H groups in total. The summed E-state index contributed by atoms with van der Waals surface area (Å²) in [7, 11) is -7.84. The number of carbonyl (C=O) groups is 1. The van der Waals surface area contributed by atoms with Gasteiger partial charge in [-0.3, -0.25) is 14.9 Å². The molecule has 11 nitrogen and oxygen atoms in total. The SMILES string of the molecule is O=C(NCCNS(=O)(=O)c1cccc([N+](=O)[O-])c1)C1CCCN1S(=O)(=O)c1ccccc1. The van der Waals surface area contributed by atoms with E-state index in [0.29, 0.717) is 12.8 Å². The van der Waals surface area contributed by atoms with Crippen LogP contribution in [0.2, 0.25) is 0 Å². The lowest BCUT2D eigenvalue weighted by atomic mass is 10.2. The van der Waals surface area contributed by atoms with E-state index < -0.39 is 36.9 Å². The van der Waals surface area contributed by atoms with Crippen LogP contribution in [0, 0.1) is 10.1 Å². The highest BCUT2D eigenvalue weighted by molar-refractivity contribution is 7.89. The van der Waals surface area contributed by atoms with Gasteiger partial charge in [-0.1, -0.05) is 24.3 Å². The minimum absolute atomic E-state index is 0.0806. The second kappa shape index (κ2) is 9.73. The first-order chi connectivity index (χ1) is 15.1. The highest BCUT2D eigenvalue weighted by Crippen LogP contribution is 2.26. The number of nitro groups is 1. The van der Waals surface area contributed by atoms with E-state index in [1.54, 1.807) is 18.2 Å². The van der Waals surface area contributed by atoms with Crippen molar-refractivity contribution >= 4 is 31.6 Å². The zero-order valence-electron chi connectivity index (χ0n) is 16.9. The highest BCUT2D eigenvalue weighted by Gasteiger charge is 2.39. The number of rotatable bonds is 9. The van der Waals surface area contributed by atoms with Crippen LogP contribution in [0.3, 0.4) is 0 Å². The van der Waals surface area contributed by atoms with Gasteiger partial charge in [-0.15, -0.1) is 0 Å². The fraction of sp³-hybridized carbons (Fsp3) is 0.316. The molecule has 1 atom stereocenters. The van der Waals surface area contributed by atoms with E-state index in [9.17, 15) is 31.7 Å². The summed E-state index contributed by atoms with van der Waals surface area (Å²) in [6, 6.07) is 11.5. The Morgan fingerprint density at radius 3 is 2.41 bits per heavy atom. The maximum Gasteiger partial charge on any atom is 0.270 e. The van der Waals surface area contributed by atoms with Gasteiger partial charge in [0.25, 0.3) is 5.69 Å². The number of hydrogen-bond acceptors (Lipinski definition) is 7. The molecule has 0 bridgehead atoms. The maximum atomic E-state index is 12.8. The first-order valence-electron chi connectivity index (χ1n) is 9.72. The summed E-state index contributed by atoms with van der Waals surface area (Å²) in [6.07, 6.45) is 0.890. The molecule has 0 spiro atoms. The van der Waals surface area contributed by atoms with Crippen molar-refractivity contribution in [2.75, 3.05) is 19.6 Å². The lowest BCUT2D eigenvalue weighted by molar-refractivity contribution is -0.385. The number of hydrogen-bond donors (Lipinski definition) is 2. The van der Waals surface area contributed by atoms with Crippen molar-refractivity contribution in [2.24, 2.45) is 0 Å². The maximum absolute atomic E-state index is 12.8. The van der Waals surface area contributed by atoms with Crippen molar-refractivity contribution in [3.63, 3.8) is 0 Å². The number of benzene rings is 2. The summed E-state index contributed by atoms with van der Waals surface area (Å²) >= 11 is 0. The highest BCUT2D eigenvalue weighted by atomic mass is 32.2. The molecule has 0 saturated carbocycles. The van der Waals surface area contributed by atoms with Crippen LogP contribution in [0.15, 0.2) is 64.4 Å². The normalized spacial score (nSPS) is 17.2. The van der Waals surface area contributed by atoms with Gasteiger partial charge in [0.1, 0.15) is 6.04 Å². The van der Waals surface area contributed by atoms with Gasteiger partial charge in [0.2, 0.25) is 26.0 Å². The molecule has 32 heavy (non-hydrogen) atoms. The van der Waals surface area contributed by atoms with Gasteiger partial charge < -0.3 is 5.32 Å². The van der Waals surface area contributed by atoms with E-state index in [2.05, 4.69) is 10.0 Å². The monoisotopic (exact) mass is 482 g/mol. The summed E-state index contributed by atoms with van der Waals surface area (Å²) < 4.78 is 53.7. The number of amides is 1. The van der Waals surface area contributed by atoms with Gasteiger partial charge >= 0.3 is 0 Å². The first-order valence-corrected chi connectivity index (χ1v) is 12.6. The Bertz CT molecular complexity index is 1200. The largest absolute Gasteiger partial charge is 0.353 e. The van der Waals surface area contributed by atoms with Crippen molar-refractivity contribution in [3.05, 3.63) is 64.7 Å². The van der Waals surface area contributed by atoms with Crippen molar-refractivity contribution in [3.8, 4) is 0 Å². The molecule has 1 amide bonds. The Kier molecular flexibility index (Phi) is 7.23. The Labute approximate surface area is 185 Å². The molecular formula is C19H22N4O7S2. The predicted molar refractivity (Wildman–Crippen MR) is 115 cm³/mol. The summed E-state index contributed by atoms with van der Waals surface area (Å²) in [4.78, 5) is 22.5. The average Bonchev–Trinajstić information content (AvgIpc) is 3.28. The third-order valence-corrected chi connectivity index (χ3v) is 8.29. The molecule has 1 heterocycles. The molecule has 1 fully saturated rings. The topological polar surface area (TPSA) is 156 Å². The second-order valence-corrected chi connectivity index (χ2v) is 10.7. The van der Waals surface area contributed by atoms with E-state index in [1.807, 2.05) is 0 Å². The standard InChI is InChI=1S/C19H22N4O7S2/c24-19(18-10-5-13-22(18)32(29,30)16-7-2-1-3-8-16)20-11-12-21-31(27,28)17-9-4-6-15(14-17)23(25)26/h1-4,6-9,14,18,21H,5,10-13H2,(H,20,24). The van der Waals surface area contributed by atoms with Gasteiger partial charge in [0, 0.05) is 31.8 Å². The zero-order valence-corrected chi connectivity index (χ0v) is 18.5. The van der Waals surface area contributed by atoms with Crippen molar-refractivity contribution in [1.82, 2.24) is 14.3 Å². The number of carbonyl (C=O) groups excluding carboxylic acids is 1. The van der Waals surface area contributed by atoms with Gasteiger partial charge in [-0.2, -0.15) is 4.31 Å². The van der Waals surface area contributed by atoms with Crippen LogP contribution in [0.1, 0.15) is 12.8 Å². The molecule has 2 aromatic carbocycles. The molecule has 172 valence electrons. The number of nitro benzene ring substituents is 1. The van der Waals surface area contributed by atoms with Crippen LogP contribution in [0.4, 0.5) is 5.69 Å². The van der Waals surface area contributed by atoms with Crippen molar-refractivity contribution < 1.29 is 26.6 Å². The minimum atomic E-state index is -4.02. The van der Waals surface area contributed by atoms with Gasteiger partial charge in [0.05, 0.1) is 14.7 Å². The summed E-state index contributed by atoms with van der Waals surface area (Å²) in [5, 5.41) is 13.4. The van der Waals surface area contributed by atoms with E-state index in [1.165, 1.54) is 30.3 Å². The number of non-ortho nitro benzene ring substituents is 1. The lowest BCUT2D eigenvalue weighted by Crippen LogP contribution is -2.47. The van der Waals surface area contributed by atoms with Gasteiger partial charge in [0.15, 0.2) is 0 Å². The third kappa shape index (κ3) is 5.30. The van der Waals surface area contributed by atoms with Crippen LogP contribution in [0.5, 0.6) is 0 Å². The smallest absolute Gasteiger partial charge is 0.270 e. The number of sulfonamides is 2. The third-order valence-electron chi connectivity index (χ3n) is 4.91. The Balaban J connectivity index is 1.58. The molecular weight excluding hydrogens is 460 g/mol. The Morgan fingerprint density at radius 2 is 1.72 bits per heavy atom. The molecule has 1 aliphatic rings. The average molecular weight is 483 g/mol. The first kappa shape index (κ1) is 23.8. The van der Waals surface area contributed by atoms with Crippen LogP contribution < -0.4 is 10.0 Å². The second-order valence-electron chi connectivity index (χ2n) is 7.03. The zero-order chi connectivity index (χ0) is 23.4. The fourth-order valence-corrected chi connectivity index (χ4v) is 6.10. The van der Waals surface area contributed by atoms with Gasteiger partial charge in [-0.05, 0) is 31.0 Å². The van der Waals surface area contributed by atoms with Crippen LogP contribution >= 0.6 is 0 Å². The molecule has 0 aromatic heterocycles. The molecule has 1 saturated heterocycles. The molecule has 0 radical (unpaired) electrons. The molecule has 0 aliphatic carbocycles. The van der Waals surface area contributed by atoms with Crippen molar-refractivity contribution in [2.45, 2.75) is 28.7 Å². The predicted octanol–water partition coefficient (Wildman–Crippen LogP) is 0.843. The lowest BCUT2D eigenvalue weighted by Gasteiger charge is -2.23. The molecule has 13 heteroatoms. The Morgan fingerprint density at radius 1 is 1.03 bits per heavy atom. The van der Waals surface area contributed by atoms with Gasteiger partial charge in [-0.25, -0.2) is 21.6 Å². The van der Waals surface area contributed by atoms with E-state index in [4.69, 9.17) is 0 Å². The fourth-order valence-electron chi connectivity index (χ4n) is 3.35. The Hall–Kier alpha value is -2.87. The van der Waals surface area contributed by atoms with E-state index in [0.717, 1.165) is 10.4 Å².